The average molecular weight is 375 g/mol. The van der Waals surface area contributed by atoms with Crippen molar-refractivity contribution < 1.29 is 23.8 Å². The van der Waals surface area contributed by atoms with Crippen molar-refractivity contribution in [2.75, 3.05) is 19.7 Å². The van der Waals surface area contributed by atoms with Gasteiger partial charge in [-0.1, -0.05) is 19.1 Å². The number of carbonyl (C=O) groups excluding carboxylic acids is 1. The highest BCUT2D eigenvalue weighted by Gasteiger charge is 2.25. The van der Waals surface area contributed by atoms with Gasteiger partial charge < -0.3 is 19.2 Å². The first-order chi connectivity index (χ1) is 12.6. The van der Waals surface area contributed by atoms with Gasteiger partial charge in [0, 0.05) is 18.0 Å². The molecule has 1 saturated heterocycles. The summed E-state index contributed by atoms with van der Waals surface area (Å²) < 4.78 is 10.9. The van der Waals surface area contributed by atoms with Crippen molar-refractivity contribution in [1.82, 2.24) is 4.90 Å². The Kier molecular flexibility index (Phi) is 6.00. The van der Waals surface area contributed by atoms with Crippen molar-refractivity contribution in [3.05, 3.63) is 53.5 Å². The molecule has 3 rings (SSSR count). The van der Waals surface area contributed by atoms with Crippen LogP contribution in [-0.4, -0.2) is 47.7 Å². The molecule has 1 N–H and O–H groups in total. The molecule has 7 heteroatoms. The molecule has 1 fully saturated rings. The lowest BCUT2D eigenvalue weighted by Gasteiger charge is -2.32. The van der Waals surface area contributed by atoms with Crippen LogP contribution >= 0.6 is 11.8 Å². The first-order valence-electron chi connectivity index (χ1n) is 8.52. The van der Waals surface area contributed by atoms with Crippen LogP contribution in [0.4, 0.5) is 0 Å². The average Bonchev–Trinajstić information content (AvgIpc) is 3.15. The van der Waals surface area contributed by atoms with Gasteiger partial charge in [0.1, 0.15) is 11.3 Å². The van der Waals surface area contributed by atoms with Crippen molar-refractivity contribution in [3.63, 3.8) is 0 Å². The van der Waals surface area contributed by atoms with Crippen LogP contribution in [0.15, 0.2) is 45.9 Å². The number of rotatable bonds is 6. The summed E-state index contributed by atoms with van der Waals surface area (Å²) in [4.78, 5) is 26.8. The van der Waals surface area contributed by atoms with Gasteiger partial charge in [0.05, 0.1) is 30.3 Å². The standard InChI is InChI=1S/C19H21NO5S/c1-2-13-11-20(8-10-24-13)18(21)15-5-3-4-6-17(15)26-12-16-14(19(22)23)7-9-25-16/h3-7,9,13H,2,8,10-12H2,1H3,(H,22,23). The van der Waals surface area contributed by atoms with Crippen LogP contribution < -0.4 is 0 Å². The maximum absolute atomic E-state index is 13.0. The quantitative estimate of drug-likeness (QED) is 0.778. The molecule has 1 aromatic heterocycles. The number of benzene rings is 1. The van der Waals surface area contributed by atoms with E-state index in [1.807, 2.05) is 30.0 Å². The van der Waals surface area contributed by atoms with Crippen LogP contribution in [0, 0.1) is 0 Å². The highest BCUT2D eigenvalue weighted by atomic mass is 32.2. The molecule has 1 aliphatic rings. The van der Waals surface area contributed by atoms with Crippen LogP contribution in [-0.2, 0) is 10.5 Å². The van der Waals surface area contributed by atoms with Crippen molar-refractivity contribution in [1.29, 1.82) is 0 Å². The molecule has 0 bridgehead atoms. The molecule has 2 aromatic rings. The van der Waals surface area contributed by atoms with Crippen LogP contribution in [0.2, 0.25) is 0 Å². The number of furan rings is 1. The Hall–Kier alpha value is -2.25. The highest BCUT2D eigenvalue weighted by molar-refractivity contribution is 7.98. The number of ether oxygens (including phenoxy) is 1. The van der Waals surface area contributed by atoms with E-state index in [0.717, 1.165) is 11.3 Å². The Morgan fingerprint density at radius 2 is 2.08 bits per heavy atom. The number of hydrogen-bond donors (Lipinski definition) is 1. The van der Waals surface area contributed by atoms with Crippen LogP contribution in [0.5, 0.6) is 0 Å². The van der Waals surface area contributed by atoms with Gasteiger partial charge in [-0.05, 0) is 24.6 Å². The van der Waals surface area contributed by atoms with E-state index >= 15 is 0 Å². The molecule has 1 aliphatic heterocycles. The Morgan fingerprint density at radius 1 is 1.27 bits per heavy atom. The number of carboxylic acid groups (broad SMARTS) is 1. The highest BCUT2D eigenvalue weighted by Crippen LogP contribution is 2.29. The lowest BCUT2D eigenvalue weighted by Crippen LogP contribution is -2.45. The number of carboxylic acids is 1. The smallest absolute Gasteiger partial charge is 0.339 e. The first-order valence-corrected chi connectivity index (χ1v) is 9.51. The van der Waals surface area contributed by atoms with Crippen molar-refractivity contribution in [2.45, 2.75) is 30.1 Å². The van der Waals surface area contributed by atoms with E-state index in [0.29, 0.717) is 36.8 Å². The Labute approximate surface area is 156 Å². The number of aromatic carboxylic acids is 1. The number of amides is 1. The summed E-state index contributed by atoms with van der Waals surface area (Å²) >= 11 is 1.40. The van der Waals surface area contributed by atoms with E-state index in [1.54, 1.807) is 6.07 Å². The minimum absolute atomic E-state index is 0.0206. The predicted molar refractivity (Wildman–Crippen MR) is 97.6 cm³/mol. The van der Waals surface area contributed by atoms with Crippen molar-refractivity contribution >= 4 is 23.6 Å². The number of hydrogen-bond acceptors (Lipinski definition) is 5. The number of thioether (sulfide) groups is 1. The van der Waals surface area contributed by atoms with Crippen molar-refractivity contribution in [3.8, 4) is 0 Å². The fraction of sp³-hybridized carbons (Fsp3) is 0.368. The lowest BCUT2D eigenvalue weighted by atomic mass is 10.1. The number of carbonyl (C=O) groups is 2. The van der Waals surface area contributed by atoms with E-state index in [-0.39, 0.29) is 17.6 Å². The lowest BCUT2D eigenvalue weighted by molar-refractivity contribution is -0.0227. The maximum atomic E-state index is 13.0. The second-order valence-electron chi connectivity index (χ2n) is 6.00. The normalized spacial score (nSPS) is 17.3. The monoisotopic (exact) mass is 375 g/mol. The number of morpholine rings is 1. The van der Waals surface area contributed by atoms with Gasteiger partial charge in [-0.3, -0.25) is 4.79 Å². The minimum atomic E-state index is -1.02. The van der Waals surface area contributed by atoms with E-state index < -0.39 is 5.97 Å². The Morgan fingerprint density at radius 3 is 2.85 bits per heavy atom. The first kappa shape index (κ1) is 18.5. The van der Waals surface area contributed by atoms with Gasteiger partial charge in [-0.2, -0.15) is 0 Å². The molecule has 1 unspecified atom stereocenters. The molecule has 138 valence electrons. The Balaban J connectivity index is 1.74. The van der Waals surface area contributed by atoms with Gasteiger partial charge in [0.2, 0.25) is 0 Å². The van der Waals surface area contributed by atoms with Gasteiger partial charge in [-0.15, -0.1) is 11.8 Å². The molecule has 2 heterocycles. The third kappa shape index (κ3) is 4.11. The molecule has 6 nitrogen and oxygen atoms in total. The van der Waals surface area contributed by atoms with E-state index in [1.165, 1.54) is 24.1 Å². The predicted octanol–water partition coefficient (Wildman–Crippen LogP) is 3.52. The molecule has 0 spiro atoms. The molecule has 0 saturated carbocycles. The van der Waals surface area contributed by atoms with E-state index in [2.05, 4.69) is 0 Å². The summed E-state index contributed by atoms with van der Waals surface area (Å²) in [6, 6.07) is 8.83. The zero-order chi connectivity index (χ0) is 18.5. The number of nitrogens with zero attached hydrogens (tertiary/aromatic N) is 1. The van der Waals surface area contributed by atoms with Crippen molar-refractivity contribution in [2.24, 2.45) is 0 Å². The third-order valence-corrected chi connectivity index (χ3v) is 5.41. The van der Waals surface area contributed by atoms with Gasteiger partial charge >= 0.3 is 5.97 Å². The summed E-state index contributed by atoms with van der Waals surface area (Å²) in [5.74, 6) is -0.299. The minimum Gasteiger partial charge on any atom is -0.478 e. The van der Waals surface area contributed by atoms with Gasteiger partial charge in [-0.25, -0.2) is 4.79 Å². The fourth-order valence-corrected chi connectivity index (χ4v) is 3.87. The van der Waals surface area contributed by atoms with Gasteiger partial charge in [0.15, 0.2) is 0 Å². The van der Waals surface area contributed by atoms with E-state index in [9.17, 15) is 14.7 Å². The van der Waals surface area contributed by atoms with Crippen LogP contribution in [0.25, 0.3) is 0 Å². The Bertz CT molecular complexity index is 788. The van der Waals surface area contributed by atoms with Crippen LogP contribution in [0.1, 0.15) is 39.8 Å². The summed E-state index contributed by atoms with van der Waals surface area (Å²) in [5.41, 5.74) is 0.776. The molecular weight excluding hydrogens is 354 g/mol. The largest absolute Gasteiger partial charge is 0.478 e. The fourth-order valence-electron chi connectivity index (χ4n) is 2.88. The molecule has 1 amide bonds. The third-order valence-electron chi connectivity index (χ3n) is 4.33. The molecular formula is C19H21NO5S. The van der Waals surface area contributed by atoms with E-state index in [4.69, 9.17) is 9.15 Å². The topological polar surface area (TPSA) is 80.0 Å². The molecule has 0 aliphatic carbocycles. The zero-order valence-electron chi connectivity index (χ0n) is 14.5. The molecule has 0 radical (unpaired) electrons. The SMILES string of the molecule is CCC1CN(C(=O)c2ccccc2SCc2occc2C(=O)O)CCO1. The second-order valence-corrected chi connectivity index (χ2v) is 7.02. The summed E-state index contributed by atoms with van der Waals surface area (Å²) in [5, 5.41) is 9.17. The summed E-state index contributed by atoms with van der Waals surface area (Å²) in [7, 11) is 0. The molecule has 1 aromatic carbocycles. The maximum Gasteiger partial charge on any atom is 0.339 e. The zero-order valence-corrected chi connectivity index (χ0v) is 15.3. The van der Waals surface area contributed by atoms with Crippen LogP contribution in [0.3, 0.4) is 0 Å². The summed E-state index contributed by atoms with van der Waals surface area (Å²) in [6.07, 6.45) is 2.32. The van der Waals surface area contributed by atoms with Gasteiger partial charge in [0.25, 0.3) is 5.91 Å². The summed E-state index contributed by atoms with van der Waals surface area (Å²) in [6.45, 7) is 3.77. The second kappa shape index (κ2) is 8.42. The molecule has 1 atom stereocenters. The molecule has 26 heavy (non-hydrogen) atoms.